The Morgan fingerprint density at radius 3 is 2.76 bits per heavy atom. The second-order valence-electron chi connectivity index (χ2n) is 5.51. The number of carbonyl (C=O) groups is 1. The van der Waals surface area contributed by atoms with Crippen molar-refractivity contribution >= 4 is 21.6 Å². The van der Waals surface area contributed by atoms with Crippen molar-refractivity contribution < 1.29 is 13.2 Å². The molecule has 0 unspecified atom stereocenters. The molecule has 0 saturated heterocycles. The van der Waals surface area contributed by atoms with Gasteiger partial charge in [-0.15, -0.1) is 0 Å². The lowest BCUT2D eigenvalue weighted by Crippen LogP contribution is -2.38. The molecule has 2 N–H and O–H groups in total. The van der Waals surface area contributed by atoms with Crippen LogP contribution in [0.25, 0.3) is 0 Å². The third-order valence-electron chi connectivity index (χ3n) is 3.89. The maximum absolute atomic E-state index is 12.0. The van der Waals surface area contributed by atoms with Gasteiger partial charge in [-0.05, 0) is 49.0 Å². The Hall–Kier alpha value is -1.82. The molecule has 21 heavy (non-hydrogen) atoms. The van der Waals surface area contributed by atoms with Gasteiger partial charge >= 0.3 is 6.03 Å². The number of urea groups is 1. The number of sulfone groups is 1. The van der Waals surface area contributed by atoms with Crippen LogP contribution in [0.5, 0.6) is 0 Å². The van der Waals surface area contributed by atoms with Crippen molar-refractivity contribution in [3.05, 3.63) is 40.8 Å². The smallest absolute Gasteiger partial charge is 0.319 e. The van der Waals surface area contributed by atoms with Crippen LogP contribution >= 0.6 is 0 Å². The molecule has 1 aliphatic heterocycles. The predicted octanol–water partition coefficient (Wildman–Crippen LogP) is 2.00. The Kier molecular flexibility index (Phi) is 3.71. The standard InChI is InChI=1S/C15H18N2O3S/c18-15(16-12-8-9-21(19,20)10-12)17-14-7-3-5-11-4-1-2-6-13(11)14/h3,5,7-9,12H,1-2,4,6,10H2,(H2,16,17,18)/t12-/m1/s1. The first-order valence-corrected chi connectivity index (χ1v) is 8.84. The van der Waals surface area contributed by atoms with E-state index in [0.717, 1.165) is 30.4 Å². The predicted molar refractivity (Wildman–Crippen MR) is 82.0 cm³/mol. The minimum atomic E-state index is -3.15. The van der Waals surface area contributed by atoms with Crippen LogP contribution in [0.3, 0.4) is 0 Å². The molecule has 5 nitrogen and oxygen atoms in total. The van der Waals surface area contributed by atoms with E-state index < -0.39 is 15.9 Å². The molecule has 2 aliphatic rings. The Bertz CT molecular complexity index is 695. The van der Waals surface area contributed by atoms with Crippen molar-refractivity contribution in [3.8, 4) is 0 Å². The minimum absolute atomic E-state index is 0.0622. The van der Waals surface area contributed by atoms with Gasteiger partial charge in [-0.2, -0.15) is 0 Å². The highest BCUT2D eigenvalue weighted by atomic mass is 32.2. The lowest BCUT2D eigenvalue weighted by Gasteiger charge is -2.20. The summed E-state index contributed by atoms with van der Waals surface area (Å²) in [5.41, 5.74) is 3.32. The van der Waals surface area contributed by atoms with Gasteiger partial charge in [0.1, 0.15) is 0 Å². The molecule has 0 fully saturated rings. The average Bonchev–Trinajstić information content (AvgIpc) is 2.78. The van der Waals surface area contributed by atoms with Gasteiger partial charge < -0.3 is 10.6 Å². The van der Waals surface area contributed by atoms with Gasteiger partial charge in [-0.1, -0.05) is 12.1 Å². The third-order valence-corrected chi connectivity index (χ3v) is 5.29. The molecule has 1 aliphatic carbocycles. The second-order valence-corrected chi connectivity index (χ2v) is 7.44. The fraction of sp³-hybridized carbons (Fsp3) is 0.400. The first kappa shape index (κ1) is 14.1. The summed E-state index contributed by atoms with van der Waals surface area (Å²) in [6.45, 7) is 0. The van der Waals surface area contributed by atoms with Crippen LogP contribution in [-0.4, -0.2) is 26.2 Å². The van der Waals surface area contributed by atoms with Crippen LogP contribution in [-0.2, 0) is 22.7 Å². The van der Waals surface area contributed by atoms with E-state index in [1.54, 1.807) is 0 Å². The Morgan fingerprint density at radius 1 is 1.19 bits per heavy atom. The molecule has 1 heterocycles. The summed E-state index contributed by atoms with van der Waals surface area (Å²) in [6.07, 6.45) is 5.86. The number of hydrogen-bond donors (Lipinski definition) is 2. The first-order valence-electron chi connectivity index (χ1n) is 7.13. The SMILES string of the molecule is O=C(Nc1cccc2c1CCCC2)N[C@@H]1C=CS(=O)(=O)C1. The van der Waals surface area contributed by atoms with Crippen molar-refractivity contribution in [1.29, 1.82) is 0 Å². The van der Waals surface area contributed by atoms with E-state index in [1.165, 1.54) is 23.6 Å². The average molecular weight is 306 g/mol. The number of carbonyl (C=O) groups excluding carboxylic acids is 1. The van der Waals surface area contributed by atoms with Crippen LogP contribution in [0, 0.1) is 0 Å². The number of fused-ring (bicyclic) bond motifs is 1. The van der Waals surface area contributed by atoms with E-state index >= 15 is 0 Å². The highest BCUT2D eigenvalue weighted by Crippen LogP contribution is 2.27. The van der Waals surface area contributed by atoms with Gasteiger partial charge in [-0.25, -0.2) is 13.2 Å². The fourth-order valence-electron chi connectivity index (χ4n) is 2.89. The number of hydrogen-bond acceptors (Lipinski definition) is 3. The van der Waals surface area contributed by atoms with Crippen molar-refractivity contribution in [2.75, 3.05) is 11.1 Å². The summed E-state index contributed by atoms with van der Waals surface area (Å²) in [7, 11) is -3.15. The van der Waals surface area contributed by atoms with Crippen molar-refractivity contribution in [2.45, 2.75) is 31.7 Å². The maximum atomic E-state index is 12.0. The molecule has 112 valence electrons. The van der Waals surface area contributed by atoms with E-state index in [4.69, 9.17) is 0 Å². The lowest BCUT2D eigenvalue weighted by atomic mass is 9.90. The largest absolute Gasteiger partial charge is 0.331 e. The van der Waals surface area contributed by atoms with Gasteiger partial charge in [-0.3, -0.25) is 0 Å². The number of rotatable bonds is 2. The third kappa shape index (κ3) is 3.26. The zero-order valence-electron chi connectivity index (χ0n) is 11.6. The molecular weight excluding hydrogens is 288 g/mol. The maximum Gasteiger partial charge on any atom is 0.319 e. The van der Waals surface area contributed by atoms with E-state index in [-0.39, 0.29) is 11.8 Å². The Morgan fingerprint density at radius 2 is 2.00 bits per heavy atom. The summed E-state index contributed by atoms with van der Waals surface area (Å²) in [4.78, 5) is 12.0. The Balaban J connectivity index is 1.67. The molecular formula is C15H18N2O3S. The quantitative estimate of drug-likeness (QED) is 0.877. The van der Waals surface area contributed by atoms with E-state index in [9.17, 15) is 13.2 Å². The number of anilines is 1. The van der Waals surface area contributed by atoms with Crippen LogP contribution in [0.2, 0.25) is 0 Å². The van der Waals surface area contributed by atoms with Crippen LogP contribution in [0.1, 0.15) is 24.0 Å². The molecule has 1 aromatic carbocycles. The number of benzene rings is 1. The van der Waals surface area contributed by atoms with Crippen LogP contribution in [0.15, 0.2) is 29.7 Å². The summed E-state index contributed by atoms with van der Waals surface area (Å²) in [5, 5.41) is 6.67. The normalized spacial score (nSPS) is 22.6. The van der Waals surface area contributed by atoms with Gasteiger partial charge in [0, 0.05) is 11.1 Å². The number of aryl methyl sites for hydroxylation is 1. The number of nitrogens with one attached hydrogen (secondary N) is 2. The van der Waals surface area contributed by atoms with Crippen molar-refractivity contribution in [1.82, 2.24) is 5.32 Å². The van der Waals surface area contributed by atoms with Crippen LogP contribution in [0.4, 0.5) is 10.5 Å². The molecule has 0 bridgehead atoms. The van der Waals surface area contributed by atoms with Crippen molar-refractivity contribution in [2.24, 2.45) is 0 Å². The summed E-state index contributed by atoms with van der Waals surface area (Å²) in [5.74, 6) is -0.0622. The molecule has 1 atom stereocenters. The molecule has 0 spiro atoms. The topological polar surface area (TPSA) is 75.3 Å². The van der Waals surface area contributed by atoms with Gasteiger partial charge in [0.05, 0.1) is 11.8 Å². The summed E-state index contributed by atoms with van der Waals surface area (Å²) >= 11 is 0. The minimum Gasteiger partial charge on any atom is -0.331 e. The summed E-state index contributed by atoms with van der Waals surface area (Å²) in [6, 6.07) is 5.13. The van der Waals surface area contributed by atoms with Gasteiger partial charge in [0.25, 0.3) is 0 Å². The molecule has 6 heteroatoms. The molecule has 0 aromatic heterocycles. The number of amides is 2. The molecule has 2 amide bonds. The van der Waals surface area contributed by atoms with Crippen LogP contribution < -0.4 is 10.6 Å². The van der Waals surface area contributed by atoms with E-state index in [0.29, 0.717) is 0 Å². The zero-order valence-corrected chi connectivity index (χ0v) is 12.4. The van der Waals surface area contributed by atoms with E-state index in [2.05, 4.69) is 16.7 Å². The zero-order chi connectivity index (χ0) is 14.9. The molecule has 0 saturated carbocycles. The highest BCUT2D eigenvalue weighted by molar-refractivity contribution is 7.94. The lowest BCUT2D eigenvalue weighted by molar-refractivity contribution is 0.251. The Labute approximate surface area is 124 Å². The van der Waals surface area contributed by atoms with Gasteiger partial charge in [0.15, 0.2) is 9.84 Å². The first-order chi connectivity index (χ1) is 10.0. The summed E-state index contributed by atoms with van der Waals surface area (Å²) < 4.78 is 22.6. The fourth-order valence-corrected chi connectivity index (χ4v) is 4.13. The highest BCUT2D eigenvalue weighted by Gasteiger charge is 2.23. The van der Waals surface area contributed by atoms with E-state index in [1.807, 2.05) is 12.1 Å². The second kappa shape index (κ2) is 5.52. The molecule has 3 rings (SSSR count). The molecule has 1 aromatic rings. The monoisotopic (exact) mass is 306 g/mol. The van der Waals surface area contributed by atoms with Crippen molar-refractivity contribution in [3.63, 3.8) is 0 Å². The molecule has 0 radical (unpaired) electrons. The van der Waals surface area contributed by atoms with Gasteiger partial charge in [0.2, 0.25) is 0 Å².